The number of rotatable bonds is 5. The summed E-state index contributed by atoms with van der Waals surface area (Å²) in [4.78, 5) is 28.4. The molecule has 0 bridgehead atoms. The molecule has 0 radical (unpaired) electrons. The van der Waals surface area contributed by atoms with E-state index in [9.17, 15) is 14.9 Å². The molecule has 0 aliphatic carbocycles. The molecule has 0 fully saturated rings. The SMILES string of the molecule is CNC(=O)CNC(=O)c1nc(C#N)c(-c2ccccc2)c2cc(OC)ccc12. The fraction of sp³-hybridized carbons (Fsp3) is 0.143. The topological polar surface area (TPSA) is 104 Å². The Balaban J connectivity index is 2.24. The number of nitrogens with zero attached hydrogens (tertiary/aromatic N) is 2. The number of aromatic nitrogens is 1. The van der Waals surface area contributed by atoms with Crippen LogP contribution in [0.15, 0.2) is 48.5 Å². The van der Waals surface area contributed by atoms with Crippen LogP contribution >= 0.6 is 0 Å². The van der Waals surface area contributed by atoms with E-state index in [0.717, 1.165) is 5.56 Å². The van der Waals surface area contributed by atoms with E-state index in [-0.39, 0.29) is 23.8 Å². The molecule has 3 aromatic rings. The Morgan fingerprint density at radius 1 is 1.14 bits per heavy atom. The molecule has 28 heavy (non-hydrogen) atoms. The van der Waals surface area contributed by atoms with Gasteiger partial charge in [0.2, 0.25) is 5.91 Å². The molecular formula is C21H18N4O3. The van der Waals surface area contributed by atoms with Crippen LogP contribution in [0.4, 0.5) is 0 Å². The third-order valence-electron chi connectivity index (χ3n) is 4.28. The summed E-state index contributed by atoms with van der Waals surface area (Å²) in [5.41, 5.74) is 1.64. The van der Waals surface area contributed by atoms with Gasteiger partial charge in [-0.1, -0.05) is 30.3 Å². The number of likely N-dealkylation sites (N-methyl/N-ethyl adjacent to an activating group) is 1. The average Bonchev–Trinajstić information content (AvgIpc) is 2.75. The summed E-state index contributed by atoms with van der Waals surface area (Å²) in [7, 11) is 3.03. The first-order valence-electron chi connectivity index (χ1n) is 8.55. The Morgan fingerprint density at radius 3 is 2.54 bits per heavy atom. The van der Waals surface area contributed by atoms with Crippen LogP contribution < -0.4 is 15.4 Å². The van der Waals surface area contributed by atoms with Crippen LogP contribution in [0.1, 0.15) is 16.2 Å². The minimum Gasteiger partial charge on any atom is -0.497 e. The number of nitrogens with one attached hydrogen (secondary N) is 2. The van der Waals surface area contributed by atoms with Gasteiger partial charge in [0.1, 0.15) is 23.2 Å². The van der Waals surface area contributed by atoms with E-state index < -0.39 is 5.91 Å². The van der Waals surface area contributed by atoms with E-state index in [4.69, 9.17) is 4.74 Å². The number of pyridine rings is 1. The molecule has 1 heterocycles. The zero-order valence-electron chi connectivity index (χ0n) is 15.4. The van der Waals surface area contributed by atoms with E-state index in [0.29, 0.717) is 22.1 Å². The molecule has 2 N–H and O–H groups in total. The fourth-order valence-corrected chi connectivity index (χ4v) is 2.90. The molecule has 0 aliphatic heterocycles. The predicted octanol–water partition coefficient (Wildman–Crippen LogP) is 2.26. The molecule has 0 atom stereocenters. The van der Waals surface area contributed by atoms with Gasteiger partial charge in [0.25, 0.3) is 5.91 Å². The Morgan fingerprint density at radius 2 is 1.89 bits per heavy atom. The minimum atomic E-state index is -0.533. The third kappa shape index (κ3) is 3.62. The Bertz CT molecular complexity index is 1090. The van der Waals surface area contributed by atoms with Gasteiger partial charge in [0.15, 0.2) is 0 Å². The van der Waals surface area contributed by atoms with E-state index in [1.54, 1.807) is 25.3 Å². The number of methoxy groups -OCH3 is 1. The highest BCUT2D eigenvalue weighted by atomic mass is 16.5. The van der Waals surface area contributed by atoms with E-state index in [1.165, 1.54) is 7.05 Å². The molecule has 140 valence electrons. The first kappa shape index (κ1) is 18.9. The van der Waals surface area contributed by atoms with Gasteiger partial charge in [-0.05, 0) is 29.1 Å². The van der Waals surface area contributed by atoms with Gasteiger partial charge in [0, 0.05) is 18.0 Å². The van der Waals surface area contributed by atoms with Gasteiger partial charge in [-0.15, -0.1) is 0 Å². The molecule has 7 nitrogen and oxygen atoms in total. The number of carbonyl (C=O) groups excluding carboxylic acids is 2. The third-order valence-corrected chi connectivity index (χ3v) is 4.28. The quantitative estimate of drug-likeness (QED) is 0.713. The molecule has 7 heteroatoms. The molecule has 1 aromatic heterocycles. The fourth-order valence-electron chi connectivity index (χ4n) is 2.90. The number of hydrogen-bond donors (Lipinski definition) is 2. The molecular weight excluding hydrogens is 356 g/mol. The first-order valence-corrected chi connectivity index (χ1v) is 8.55. The summed E-state index contributed by atoms with van der Waals surface area (Å²) < 4.78 is 5.32. The number of carbonyl (C=O) groups is 2. The van der Waals surface area contributed by atoms with Crippen molar-refractivity contribution in [3.8, 4) is 22.9 Å². The number of amides is 2. The van der Waals surface area contributed by atoms with Gasteiger partial charge < -0.3 is 15.4 Å². The van der Waals surface area contributed by atoms with Crippen LogP contribution in [0.5, 0.6) is 5.75 Å². The van der Waals surface area contributed by atoms with Crippen molar-refractivity contribution in [2.45, 2.75) is 0 Å². The van der Waals surface area contributed by atoms with Crippen LogP contribution in [0, 0.1) is 11.3 Å². The predicted molar refractivity (Wildman–Crippen MR) is 105 cm³/mol. The summed E-state index contributed by atoms with van der Waals surface area (Å²) >= 11 is 0. The van der Waals surface area contributed by atoms with Crippen LogP contribution in [-0.4, -0.2) is 37.5 Å². The van der Waals surface area contributed by atoms with Gasteiger partial charge >= 0.3 is 0 Å². The van der Waals surface area contributed by atoms with Gasteiger partial charge in [0.05, 0.1) is 13.7 Å². The molecule has 0 saturated carbocycles. The van der Waals surface area contributed by atoms with Crippen molar-refractivity contribution >= 4 is 22.6 Å². The Kier molecular flexibility index (Phi) is 5.51. The highest BCUT2D eigenvalue weighted by molar-refractivity contribution is 6.11. The molecule has 2 amide bonds. The second-order valence-electron chi connectivity index (χ2n) is 5.93. The highest BCUT2D eigenvalue weighted by Crippen LogP contribution is 2.34. The van der Waals surface area contributed by atoms with Crippen LogP contribution in [0.25, 0.3) is 21.9 Å². The van der Waals surface area contributed by atoms with Crippen molar-refractivity contribution < 1.29 is 14.3 Å². The summed E-state index contributed by atoms with van der Waals surface area (Å²) in [5, 5.41) is 15.9. The maximum absolute atomic E-state index is 12.7. The smallest absolute Gasteiger partial charge is 0.271 e. The van der Waals surface area contributed by atoms with Crippen LogP contribution in [0.2, 0.25) is 0 Å². The number of nitriles is 1. The maximum Gasteiger partial charge on any atom is 0.271 e. The normalized spacial score (nSPS) is 10.2. The van der Waals surface area contributed by atoms with E-state index in [2.05, 4.69) is 21.7 Å². The van der Waals surface area contributed by atoms with E-state index >= 15 is 0 Å². The lowest BCUT2D eigenvalue weighted by Gasteiger charge is -2.14. The maximum atomic E-state index is 12.7. The van der Waals surface area contributed by atoms with Crippen LogP contribution in [-0.2, 0) is 4.79 Å². The summed E-state index contributed by atoms with van der Waals surface area (Å²) in [6, 6.07) is 16.7. The van der Waals surface area contributed by atoms with Gasteiger partial charge in [-0.3, -0.25) is 9.59 Å². The summed E-state index contributed by atoms with van der Waals surface area (Å²) in [6.45, 7) is -0.184. The van der Waals surface area contributed by atoms with Crippen molar-refractivity contribution in [1.29, 1.82) is 5.26 Å². The Labute approximate surface area is 162 Å². The highest BCUT2D eigenvalue weighted by Gasteiger charge is 2.20. The van der Waals surface area contributed by atoms with Crippen molar-refractivity contribution in [1.82, 2.24) is 15.6 Å². The number of benzene rings is 2. The standard InChI is InChI=1S/C21H18N4O3/c1-23-18(26)12-24-21(27)20-15-9-8-14(28-2)10-16(15)19(17(11-22)25-20)13-6-4-3-5-7-13/h3-10H,12H2,1-2H3,(H,23,26)(H,24,27). The number of hydrogen-bond acceptors (Lipinski definition) is 5. The molecule has 2 aromatic carbocycles. The monoisotopic (exact) mass is 374 g/mol. The van der Waals surface area contributed by atoms with Crippen molar-refractivity contribution in [3.63, 3.8) is 0 Å². The molecule has 3 rings (SSSR count). The second kappa shape index (κ2) is 8.18. The van der Waals surface area contributed by atoms with Crippen molar-refractivity contribution in [2.75, 3.05) is 20.7 Å². The molecule has 0 unspecified atom stereocenters. The van der Waals surface area contributed by atoms with Gasteiger partial charge in [-0.25, -0.2) is 4.98 Å². The Hall–Kier alpha value is -3.92. The molecule has 0 spiro atoms. The largest absolute Gasteiger partial charge is 0.497 e. The van der Waals surface area contributed by atoms with Crippen molar-refractivity contribution in [2.24, 2.45) is 0 Å². The average molecular weight is 374 g/mol. The second-order valence-corrected chi connectivity index (χ2v) is 5.93. The summed E-state index contributed by atoms with van der Waals surface area (Å²) in [6.07, 6.45) is 0. The molecule has 0 saturated heterocycles. The lowest BCUT2D eigenvalue weighted by atomic mass is 9.95. The van der Waals surface area contributed by atoms with Gasteiger partial charge in [-0.2, -0.15) is 5.26 Å². The number of fused-ring (bicyclic) bond motifs is 1. The lowest BCUT2D eigenvalue weighted by molar-refractivity contribution is -0.119. The molecule has 0 aliphatic rings. The summed E-state index contributed by atoms with van der Waals surface area (Å²) in [5.74, 6) is -0.271. The minimum absolute atomic E-state index is 0.0813. The van der Waals surface area contributed by atoms with E-state index in [1.807, 2.05) is 30.3 Å². The first-order chi connectivity index (χ1) is 13.6. The zero-order valence-corrected chi connectivity index (χ0v) is 15.4. The number of ether oxygens (including phenoxy) is 1. The zero-order chi connectivity index (χ0) is 20.1. The lowest BCUT2D eigenvalue weighted by Crippen LogP contribution is -2.35. The van der Waals surface area contributed by atoms with Crippen LogP contribution in [0.3, 0.4) is 0 Å². The van der Waals surface area contributed by atoms with Crippen molar-refractivity contribution in [3.05, 3.63) is 59.9 Å².